The lowest BCUT2D eigenvalue weighted by Crippen LogP contribution is -2.26. The first kappa shape index (κ1) is 11.5. The first-order valence-corrected chi connectivity index (χ1v) is 6.62. The Labute approximate surface area is 106 Å². The third-order valence-corrected chi connectivity index (χ3v) is 3.83. The zero-order valence-electron chi connectivity index (χ0n) is 10.5. The van der Waals surface area contributed by atoms with E-state index < -0.39 is 5.97 Å². The van der Waals surface area contributed by atoms with Gasteiger partial charge in [0.25, 0.3) is 0 Å². The van der Waals surface area contributed by atoms with Gasteiger partial charge in [-0.25, -0.2) is 9.78 Å². The van der Waals surface area contributed by atoms with E-state index in [1.165, 1.54) is 25.7 Å². The van der Waals surface area contributed by atoms with Crippen molar-refractivity contribution in [3.05, 3.63) is 23.4 Å². The van der Waals surface area contributed by atoms with Crippen molar-refractivity contribution in [3.8, 4) is 0 Å². The Morgan fingerprint density at radius 2 is 1.94 bits per heavy atom. The number of hydrogen-bond acceptors (Lipinski definition) is 3. The molecule has 0 radical (unpaired) electrons. The first-order valence-electron chi connectivity index (χ1n) is 6.62. The smallest absolute Gasteiger partial charge is 0.339 e. The maximum Gasteiger partial charge on any atom is 0.339 e. The lowest BCUT2D eigenvalue weighted by atomic mass is 10.1. The van der Waals surface area contributed by atoms with Crippen molar-refractivity contribution in [1.29, 1.82) is 0 Å². The fourth-order valence-electron chi connectivity index (χ4n) is 2.53. The Bertz CT molecular complexity index is 467. The van der Waals surface area contributed by atoms with E-state index in [-0.39, 0.29) is 5.56 Å². The van der Waals surface area contributed by atoms with Crippen LogP contribution in [0.1, 0.15) is 41.7 Å². The quantitative estimate of drug-likeness (QED) is 0.838. The first-order chi connectivity index (χ1) is 8.65. The molecule has 0 spiro atoms. The number of carboxylic acids is 1. The monoisotopic (exact) mass is 246 g/mol. The van der Waals surface area contributed by atoms with Gasteiger partial charge in [-0.15, -0.1) is 0 Å². The number of hydrogen-bond donors (Lipinski definition) is 2. The van der Waals surface area contributed by atoms with E-state index in [0.29, 0.717) is 11.9 Å². The van der Waals surface area contributed by atoms with Gasteiger partial charge in [-0.05, 0) is 56.6 Å². The number of pyridine rings is 1. The molecule has 1 aromatic heterocycles. The molecule has 3 rings (SSSR count). The Hall–Kier alpha value is -1.58. The van der Waals surface area contributed by atoms with E-state index >= 15 is 0 Å². The molecule has 2 N–H and O–H groups in total. The van der Waals surface area contributed by atoms with Crippen molar-refractivity contribution in [2.24, 2.45) is 11.8 Å². The summed E-state index contributed by atoms with van der Waals surface area (Å²) in [4.78, 5) is 15.6. The van der Waals surface area contributed by atoms with E-state index in [0.717, 1.165) is 17.5 Å². The van der Waals surface area contributed by atoms with Crippen LogP contribution >= 0.6 is 0 Å². The van der Waals surface area contributed by atoms with Crippen LogP contribution in [0.3, 0.4) is 0 Å². The predicted molar refractivity (Wildman–Crippen MR) is 68.8 cm³/mol. The molecule has 1 heterocycles. The van der Waals surface area contributed by atoms with E-state index in [9.17, 15) is 9.90 Å². The Morgan fingerprint density at radius 1 is 1.33 bits per heavy atom. The fraction of sp³-hybridized carbons (Fsp3) is 0.571. The highest BCUT2D eigenvalue weighted by Crippen LogP contribution is 2.45. The van der Waals surface area contributed by atoms with Gasteiger partial charge in [0.05, 0.1) is 0 Å². The van der Waals surface area contributed by atoms with Gasteiger partial charge in [-0.1, -0.05) is 0 Å². The topological polar surface area (TPSA) is 62.2 Å². The third-order valence-electron chi connectivity index (χ3n) is 3.83. The molecule has 0 saturated heterocycles. The normalized spacial score (nSPS) is 19.0. The molecule has 4 nitrogen and oxygen atoms in total. The van der Waals surface area contributed by atoms with E-state index in [2.05, 4.69) is 10.3 Å². The van der Waals surface area contributed by atoms with Crippen LogP contribution < -0.4 is 5.32 Å². The van der Waals surface area contributed by atoms with Crippen LogP contribution in [0.25, 0.3) is 0 Å². The Morgan fingerprint density at radius 3 is 2.44 bits per heavy atom. The molecule has 2 aliphatic carbocycles. The van der Waals surface area contributed by atoms with Crippen molar-refractivity contribution < 1.29 is 9.90 Å². The van der Waals surface area contributed by atoms with Gasteiger partial charge in [-0.2, -0.15) is 0 Å². The lowest BCUT2D eigenvalue weighted by molar-refractivity contribution is 0.0697. The molecule has 2 fully saturated rings. The highest BCUT2D eigenvalue weighted by molar-refractivity contribution is 5.93. The molecular formula is C14H18N2O2. The summed E-state index contributed by atoms with van der Waals surface area (Å²) < 4.78 is 0. The standard InChI is InChI=1S/C14H18N2O2/c1-8-2-7-11(14(17)18)13(15-8)16-12(9-3-4-9)10-5-6-10/h2,7,9-10,12H,3-6H2,1H3,(H,15,16)(H,17,18). The molecule has 18 heavy (non-hydrogen) atoms. The largest absolute Gasteiger partial charge is 0.478 e. The number of aromatic nitrogens is 1. The second kappa shape index (κ2) is 4.26. The number of aryl methyl sites for hydroxylation is 1. The molecule has 1 aromatic rings. The number of aromatic carboxylic acids is 1. The van der Waals surface area contributed by atoms with Crippen LogP contribution in [0, 0.1) is 18.8 Å². The van der Waals surface area contributed by atoms with Crippen molar-refractivity contribution in [3.63, 3.8) is 0 Å². The zero-order chi connectivity index (χ0) is 12.7. The van der Waals surface area contributed by atoms with Crippen LogP contribution in [-0.4, -0.2) is 22.1 Å². The number of rotatable bonds is 5. The van der Waals surface area contributed by atoms with Gasteiger partial charge in [0.1, 0.15) is 11.4 Å². The number of carboxylic acid groups (broad SMARTS) is 1. The molecule has 2 saturated carbocycles. The summed E-state index contributed by atoms with van der Waals surface area (Å²) in [6.45, 7) is 1.89. The van der Waals surface area contributed by atoms with Crippen molar-refractivity contribution in [1.82, 2.24) is 4.98 Å². The summed E-state index contributed by atoms with van der Waals surface area (Å²) in [5, 5.41) is 12.6. The van der Waals surface area contributed by atoms with Gasteiger partial charge >= 0.3 is 5.97 Å². The molecule has 0 aliphatic heterocycles. The summed E-state index contributed by atoms with van der Waals surface area (Å²) in [6.07, 6.45) is 5.07. The SMILES string of the molecule is Cc1ccc(C(=O)O)c(NC(C2CC2)C2CC2)n1. The average Bonchev–Trinajstić information content (AvgIpc) is 3.17. The maximum absolute atomic E-state index is 11.2. The van der Waals surface area contributed by atoms with Crippen molar-refractivity contribution in [2.75, 3.05) is 5.32 Å². The molecule has 0 unspecified atom stereocenters. The highest BCUT2D eigenvalue weighted by atomic mass is 16.4. The molecule has 0 atom stereocenters. The fourth-order valence-corrected chi connectivity index (χ4v) is 2.53. The second-order valence-electron chi connectivity index (χ2n) is 5.50. The van der Waals surface area contributed by atoms with Crippen LogP contribution in [-0.2, 0) is 0 Å². The second-order valence-corrected chi connectivity index (χ2v) is 5.50. The molecule has 0 aromatic carbocycles. The van der Waals surface area contributed by atoms with Crippen LogP contribution in [0.5, 0.6) is 0 Å². The minimum absolute atomic E-state index is 0.284. The minimum Gasteiger partial charge on any atom is -0.478 e. The lowest BCUT2D eigenvalue weighted by Gasteiger charge is -2.19. The minimum atomic E-state index is -0.907. The summed E-state index contributed by atoms with van der Waals surface area (Å²) in [6, 6.07) is 3.82. The average molecular weight is 246 g/mol. The van der Waals surface area contributed by atoms with E-state index in [1.807, 2.05) is 6.92 Å². The summed E-state index contributed by atoms with van der Waals surface area (Å²) >= 11 is 0. The molecule has 0 bridgehead atoms. The van der Waals surface area contributed by atoms with Gasteiger partial charge in [0.2, 0.25) is 0 Å². The summed E-state index contributed by atoms with van der Waals surface area (Å²) in [5.41, 5.74) is 1.14. The number of carbonyl (C=O) groups is 1. The molecule has 2 aliphatic rings. The molecule has 4 heteroatoms. The number of anilines is 1. The van der Waals surface area contributed by atoms with Crippen molar-refractivity contribution in [2.45, 2.75) is 38.6 Å². The molecule has 96 valence electrons. The van der Waals surface area contributed by atoms with Crippen LogP contribution in [0.4, 0.5) is 5.82 Å². The van der Waals surface area contributed by atoms with Crippen molar-refractivity contribution >= 4 is 11.8 Å². The molecular weight excluding hydrogens is 228 g/mol. The van der Waals surface area contributed by atoms with Crippen LogP contribution in [0.15, 0.2) is 12.1 Å². The number of nitrogens with one attached hydrogen (secondary N) is 1. The van der Waals surface area contributed by atoms with Gasteiger partial charge in [0.15, 0.2) is 0 Å². The number of nitrogens with zero attached hydrogens (tertiary/aromatic N) is 1. The van der Waals surface area contributed by atoms with Gasteiger partial charge in [-0.3, -0.25) is 0 Å². The maximum atomic E-state index is 11.2. The Balaban J connectivity index is 1.85. The predicted octanol–water partition coefficient (Wildman–Crippen LogP) is 2.69. The van der Waals surface area contributed by atoms with E-state index in [4.69, 9.17) is 0 Å². The molecule has 0 amide bonds. The highest BCUT2D eigenvalue weighted by Gasteiger charge is 2.41. The van der Waals surface area contributed by atoms with Gasteiger partial charge < -0.3 is 10.4 Å². The van der Waals surface area contributed by atoms with Crippen LogP contribution in [0.2, 0.25) is 0 Å². The Kier molecular flexibility index (Phi) is 2.73. The summed E-state index contributed by atoms with van der Waals surface area (Å²) in [7, 11) is 0. The zero-order valence-corrected chi connectivity index (χ0v) is 10.5. The third kappa shape index (κ3) is 2.33. The van der Waals surface area contributed by atoms with E-state index in [1.54, 1.807) is 12.1 Å². The van der Waals surface area contributed by atoms with Gasteiger partial charge in [0, 0.05) is 11.7 Å². The summed E-state index contributed by atoms with van der Waals surface area (Å²) in [5.74, 6) is 1.09.